The van der Waals surface area contributed by atoms with Crippen LogP contribution in [0.15, 0.2) is 65.6 Å². The first-order valence-electron chi connectivity index (χ1n) is 7.65. The molecule has 4 nitrogen and oxygen atoms in total. The van der Waals surface area contributed by atoms with E-state index in [0.717, 1.165) is 6.42 Å². The molecule has 3 aromatic rings. The summed E-state index contributed by atoms with van der Waals surface area (Å²) in [6, 6.07) is 14.1. The third kappa shape index (κ3) is 4.29. The number of nitrogens with one attached hydrogen (secondary N) is 1. The summed E-state index contributed by atoms with van der Waals surface area (Å²) < 4.78 is 1.89. The van der Waals surface area contributed by atoms with Gasteiger partial charge < -0.3 is 5.32 Å². The summed E-state index contributed by atoms with van der Waals surface area (Å²) in [7, 11) is 0. The number of benzene rings is 1. The second kappa shape index (κ2) is 7.74. The van der Waals surface area contributed by atoms with Crippen LogP contribution in [0.4, 0.5) is 0 Å². The number of aromatic nitrogens is 2. The number of nitrogens with zero attached hydrogens (tertiary/aromatic N) is 2. The Kier molecular flexibility index (Phi) is 5.21. The van der Waals surface area contributed by atoms with Crippen LogP contribution < -0.4 is 5.32 Å². The highest BCUT2D eigenvalue weighted by molar-refractivity contribution is 7.07. The van der Waals surface area contributed by atoms with E-state index < -0.39 is 0 Å². The Labute approximate surface area is 139 Å². The van der Waals surface area contributed by atoms with Crippen LogP contribution in [0.3, 0.4) is 0 Å². The van der Waals surface area contributed by atoms with E-state index in [9.17, 15) is 4.79 Å². The molecule has 0 fully saturated rings. The van der Waals surface area contributed by atoms with E-state index >= 15 is 0 Å². The van der Waals surface area contributed by atoms with Crippen molar-refractivity contribution in [3.63, 3.8) is 0 Å². The van der Waals surface area contributed by atoms with E-state index in [2.05, 4.69) is 21.9 Å². The highest BCUT2D eigenvalue weighted by Gasteiger charge is 2.15. The zero-order chi connectivity index (χ0) is 15.9. The smallest absolute Gasteiger partial charge is 0.220 e. The molecule has 0 aliphatic carbocycles. The Hall–Kier alpha value is -2.40. The maximum absolute atomic E-state index is 12.1. The molecule has 1 atom stereocenters. The minimum Gasteiger partial charge on any atom is -0.354 e. The fraction of sp³-hybridized carbons (Fsp3) is 0.222. The predicted octanol–water partition coefficient (Wildman–Crippen LogP) is 3.28. The fourth-order valence-electron chi connectivity index (χ4n) is 2.50. The van der Waals surface area contributed by atoms with Crippen molar-refractivity contribution in [3.05, 3.63) is 76.7 Å². The number of aryl methyl sites for hydroxylation is 1. The van der Waals surface area contributed by atoms with E-state index in [1.165, 1.54) is 11.1 Å². The summed E-state index contributed by atoms with van der Waals surface area (Å²) in [5, 5.41) is 11.5. The largest absolute Gasteiger partial charge is 0.354 e. The Bertz CT molecular complexity index is 674. The van der Waals surface area contributed by atoms with Crippen LogP contribution in [0, 0.1) is 0 Å². The van der Waals surface area contributed by atoms with Gasteiger partial charge in [-0.05, 0) is 40.4 Å². The standard InChI is InChI=1S/C18H19N3OS/c22-18(8-7-15-5-2-1-3-6-15)19-13-17(16-9-12-23-14-16)21-11-4-10-20-21/h1-6,9-12,14,17H,7-8,13H2,(H,19,22). The van der Waals surface area contributed by atoms with Crippen molar-refractivity contribution < 1.29 is 4.79 Å². The fourth-order valence-corrected chi connectivity index (χ4v) is 3.20. The molecule has 0 aliphatic heterocycles. The van der Waals surface area contributed by atoms with Gasteiger partial charge in [-0.25, -0.2) is 0 Å². The molecule has 1 aromatic carbocycles. The van der Waals surface area contributed by atoms with Crippen molar-refractivity contribution in [2.45, 2.75) is 18.9 Å². The van der Waals surface area contributed by atoms with Gasteiger partial charge in [0.1, 0.15) is 0 Å². The van der Waals surface area contributed by atoms with Crippen LogP contribution in [0.25, 0.3) is 0 Å². The number of hydrogen-bond acceptors (Lipinski definition) is 3. The van der Waals surface area contributed by atoms with Gasteiger partial charge in [0.2, 0.25) is 5.91 Å². The van der Waals surface area contributed by atoms with Crippen molar-refractivity contribution >= 4 is 17.2 Å². The molecular weight excluding hydrogens is 306 g/mol. The van der Waals surface area contributed by atoms with Crippen LogP contribution in [0.2, 0.25) is 0 Å². The molecule has 1 amide bonds. The summed E-state index contributed by atoms with van der Waals surface area (Å²) in [6.45, 7) is 0.548. The monoisotopic (exact) mass is 325 g/mol. The van der Waals surface area contributed by atoms with E-state index in [4.69, 9.17) is 0 Å². The minimum absolute atomic E-state index is 0.0388. The Balaban J connectivity index is 1.55. The highest BCUT2D eigenvalue weighted by atomic mass is 32.1. The molecule has 0 saturated heterocycles. The van der Waals surface area contributed by atoms with Gasteiger partial charge in [0.05, 0.1) is 6.04 Å². The van der Waals surface area contributed by atoms with Crippen molar-refractivity contribution in [2.75, 3.05) is 6.54 Å². The van der Waals surface area contributed by atoms with Crippen LogP contribution in [0.5, 0.6) is 0 Å². The molecule has 1 unspecified atom stereocenters. The second-order valence-corrected chi connectivity index (χ2v) is 6.13. The number of amides is 1. The first-order chi connectivity index (χ1) is 11.3. The summed E-state index contributed by atoms with van der Waals surface area (Å²) in [6.07, 6.45) is 4.95. The SMILES string of the molecule is O=C(CCc1ccccc1)NCC(c1ccsc1)n1cccn1. The Morgan fingerprint density at radius 1 is 1.22 bits per heavy atom. The lowest BCUT2D eigenvalue weighted by Gasteiger charge is -2.17. The Morgan fingerprint density at radius 3 is 2.78 bits per heavy atom. The molecule has 118 valence electrons. The molecule has 0 aliphatic rings. The summed E-state index contributed by atoms with van der Waals surface area (Å²) >= 11 is 1.65. The van der Waals surface area contributed by atoms with Crippen LogP contribution >= 0.6 is 11.3 Å². The van der Waals surface area contributed by atoms with E-state index in [-0.39, 0.29) is 11.9 Å². The maximum Gasteiger partial charge on any atom is 0.220 e. The number of carbonyl (C=O) groups excluding carboxylic acids is 1. The number of carbonyl (C=O) groups is 1. The first kappa shape index (κ1) is 15.5. The van der Waals surface area contributed by atoms with Gasteiger partial charge in [0.15, 0.2) is 0 Å². The van der Waals surface area contributed by atoms with Crippen molar-refractivity contribution in [3.8, 4) is 0 Å². The second-order valence-electron chi connectivity index (χ2n) is 5.35. The molecule has 3 rings (SSSR count). The number of rotatable bonds is 7. The third-order valence-electron chi connectivity index (χ3n) is 3.75. The quantitative estimate of drug-likeness (QED) is 0.724. The van der Waals surface area contributed by atoms with Crippen molar-refractivity contribution in [2.24, 2.45) is 0 Å². The first-order valence-corrected chi connectivity index (χ1v) is 8.59. The van der Waals surface area contributed by atoms with E-state index in [1.807, 2.05) is 52.7 Å². The van der Waals surface area contributed by atoms with Crippen molar-refractivity contribution in [1.29, 1.82) is 0 Å². The average molecular weight is 325 g/mol. The molecular formula is C18H19N3OS. The summed E-state index contributed by atoms with van der Waals surface area (Å²) in [5.41, 5.74) is 2.35. The molecule has 0 radical (unpaired) electrons. The van der Waals surface area contributed by atoms with Gasteiger partial charge in [-0.2, -0.15) is 16.4 Å². The molecule has 23 heavy (non-hydrogen) atoms. The van der Waals surface area contributed by atoms with Crippen LogP contribution in [0.1, 0.15) is 23.6 Å². The van der Waals surface area contributed by atoms with Gasteiger partial charge in [-0.15, -0.1) is 0 Å². The van der Waals surface area contributed by atoms with E-state index in [0.29, 0.717) is 13.0 Å². The maximum atomic E-state index is 12.1. The molecule has 2 heterocycles. The molecule has 0 spiro atoms. The molecule has 0 bridgehead atoms. The minimum atomic E-state index is 0.0388. The van der Waals surface area contributed by atoms with Crippen molar-refractivity contribution in [1.82, 2.24) is 15.1 Å². The van der Waals surface area contributed by atoms with Crippen LogP contribution in [-0.2, 0) is 11.2 Å². The molecule has 0 saturated carbocycles. The van der Waals surface area contributed by atoms with Gasteiger partial charge >= 0.3 is 0 Å². The topological polar surface area (TPSA) is 46.9 Å². The zero-order valence-electron chi connectivity index (χ0n) is 12.8. The summed E-state index contributed by atoms with van der Waals surface area (Å²) in [4.78, 5) is 12.1. The third-order valence-corrected chi connectivity index (χ3v) is 4.45. The van der Waals surface area contributed by atoms with Gasteiger partial charge in [-0.1, -0.05) is 30.3 Å². The van der Waals surface area contributed by atoms with Gasteiger partial charge in [-0.3, -0.25) is 9.48 Å². The predicted molar refractivity (Wildman–Crippen MR) is 92.5 cm³/mol. The average Bonchev–Trinajstić information content (AvgIpc) is 3.28. The Morgan fingerprint density at radius 2 is 2.09 bits per heavy atom. The van der Waals surface area contributed by atoms with Crippen LogP contribution in [-0.4, -0.2) is 22.2 Å². The number of thiophene rings is 1. The van der Waals surface area contributed by atoms with E-state index in [1.54, 1.807) is 17.5 Å². The number of hydrogen-bond donors (Lipinski definition) is 1. The summed E-state index contributed by atoms with van der Waals surface area (Å²) in [5.74, 6) is 0.0706. The lowest BCUT2D eigenvalue weighted by molar-refractivity contribution is -0.121. The molecule has 5 heteroatoms. The lowest BCUT2D eigenvalue weighted by Crippen LogP contribution is -2.31. The molecule has 2 aromatic heterocycles. The highest BCUT2D eigenvalue weighted by Crippen LogP contribution is 2.19. The lowest BCUT2D eigenvalue weighted by atomic mass is 10.1. The zero-order valence-corrected chi connectivity index (χ0v) is 13.6. The van der Waals surface area contributed by atoms with Gasteiger partial charge in [0, 0.05) is 25.4 Å². The normalized spacial score (nSPS) is 12.0. The molecule has 1 N–H and O–H groups in total. The van der Waals surface area contributed by atoms with Gasteiger partial charge in [0.25, 0.3) is 0 Å².